The van der Waals surface area contributed by atoms with Gasteiger partial charge in [-0.15, -0.1) is 0 Å². The second kappa shape index (κ2) is 7.67. The van der Waals surface area contributed by atoms with Crippen molar-refractivity contribution < 1.29 is 39.4 Å². The molecular weight excluding hydrogens is 272 g/mol. The summed E-state index contributed by atoms with van der Waals surface area (Å²) in [7, 11) is 0. The number of esters is 1. The van der Waals surface area contributed by atoms with E-state index in [9.17, 15) is 20.1 Å². The molecule has 1 unspecified atom stereocenters. The molecule has 0 aromatic carbocycles. The van der Waals surface area contributed by atoms with Crippen LogP contribution in [0.1, 0.15) is 6.92 Å². The first-order chi connectivity index (χ1) is 9.38. The zero-order chi connectivity index (χ0) is 15.3. The van der Waals surface area contributed by atoms with Crippen molar-refractivity contribution in [1.29, 1.82) is 0 Å². The normalized spacial score (nSPS) is 33.8. The maximum Gasteiger partial charge on any atom is 0.333 e. The lowest BCUT2D eigenvalue weighted by Gasteiger charge is -2.39. The molecule has 1 aliphatic rings. The Kier molecular flexibility index (Phi) is 6.53. The zero-order valence-electron chi connectivity index (χ0n) is 11.1. The summed E-state index contributed by atoms with van der Waals surface area (Å²) in [5, 5.41) is 37.7. The number of aliphatic hydroxyl groups is 4. The van der Waals surface area contributed by atoms with Crippen molar-refractivity contribution in [1.82, 2.24) is 0 Å². The molecule has 20 heavy (non-hydrogen) atoms. The molecule has 1 fully saturated rings. The first-order valence-corrected chi connectivity index (χ1v) is 6.13. The summed E-state index contributed by atoms with van der Waals surface area (Å²) in [5.41, 5.74) is 0.248. The molecule has 0 spiro atoms. The van der Waals surface area contributed by atoms with Crippen LogP contribution in [-0.4, -0.2) is 76.9 Å². The molecular formula is C12H20O8. The minimum absolute atomic E-state index is 0.0816. The molecule has 0 amide bonds. The highest BCUT2D eigenvalue weighted by Gasteiger charge is 2.43. The molecule has 0 bridgehead atoms. The van der Waals surface area contributed by atoms with Crippen LogP contribution in [0, 0.1) is 0 Å². The Hall–Kier alpha value is -1.03. The summed E-state index contributed by atoms with van der Waals surface area (Å²) in [6.45, 7) is 4.21. The highest BCUT2D eigenvalue weighted by Crippen LogP contribution is 2.21. The van der Waals surface area contributed by atoms with Gasteiger partial charge in [0.2, 0.25) is 0 Å². The number of hydrogen-bond donors (Lipinski definition) is 4. The number of aliphatic hydroxyl groups excluding tert-OH is 4. The van der Waals surface area contributed by atoms with Gasteiger partial charge >= 0.3 is 5.97 Å². The standard InChI is InChI=1S/C12H20O8/c1-6(2)11(17)18-3-4-19-12-10(16)9(15)8(14)7(5-13)20-12/h7-10,12-16H,1,3-5H2,2H3/t7-,8-,9+,10+,12?/m1/s1. The van der Waals surface area contributed by atoms with Crippen molar-refractivity contribution in [2.45, 2.75) is 37.6 Å². The van der Waals surface area contributed by atoms with Gasteiger partial charge in [0.1, 0.15) is 31.0 Å². The Balaban J connectivity index is 2.39. The van der Waals surface area contributed by atoms with Crippen LogP contribution in [0.5, 0.6) is 0 Å². The molecule has 1 heterocycles. The van der Waals surface area contributed by atoms with E-state index in [0.717, 1.165) is 0 Å². The molecule has 0 saturated carbocycles. The smallest absolute Gasteiger partial charge is 0.333 e. The summed E-state index contributed by atoms with van der Waals surface area (Å²) in [6.07, 6.45) is -6.66. The average Bonchev–Trinajstić information content (AvgIpc) is 2.42. The quantitative estimate of drug-likeness (QED) is 0.250. The van der Waals surface area contributed by atoms with Crippen LogP contribution >= 0.6 is 0 Å². The van der Waals surface area contributed by atoms with Crippen LogP contribution < -0.4 is 0 Å². The SMILES string of the molecule is C=C(C)C(=O)OCCOC1O[C@H](CO)[C@@H](O)[C@H](O)[C@@H]1O. The van der Waals surface area contributed by atoms with Gasteiger partial charge in [-0.05, 0) is 6.92 Å². The van der Waals surface area contributed by atoms with E-state index in [1.54, 1.807) is 0 Å². The molecule has 0 aromatic rings. The fraction of sp³-hybridized carbons (Fsp3) is 0.750. The predicted molar refractivity (Wildman–Crippen MR) is 65.5 cm³/mol. The molecule has 8 nitrogen and oxygen atoms in total. The number of carbonyl (C=O) groups is 1. The monoisotopic (exact) mass is 292 g/mol. The number of ether oxygens (including phenoxy) is 3. The molecule has 1 saturated heterocycles. The molecule has 5 atom stereocenters. The molecule has 1 rings (SSSR count). The van der Waals surface area contributed by atoms with Gasteiger partial charge in [-0.2, -0.15) is 0 Å². The van der Waals surface area contributed by atoms with Crippen LogP contribution in [-0.2, 0) is 19.0 Å². The summed E-state index contributed by atoms with van der Waals surface area (Å²) >= 11 is 0. The first kappa shape index (κ1) is 17.0. The van der Waals surface area contributed by atoms with Crippen LogP contribution in [0.15, 0.2) is 12.2 Å². The van der Waals surface area contributed by atoms with E-state index in [1.165, 1.54) is 6.92 Å². The molecule has 4 N–H and O–H groups in total. The minimum atomic E-state index is -1.50. The van der Waals surface area contributed by atoms with Crippen molar-refractivity contribution in [2.75, 3.05) is 19.8 Å². The van der Waals surface area contributed by atoms with Crippen LogP contribution in [0.25, 0.3) is 0 Å². The Labute approximate surface area is 116 Å². The van der Waals surface area contributed by atoms with E-state index in [4.69, 9.17) is 19.3 Å². The lowest BCUT2D eigenvalue weighted by Crippen LogP contribution is -2.59. The Morgan fingerprint density at radius 2 is 1.85 bits per heavy atom. The van der Waals surface area contributed by atoms with Crippen molar-refractivity contribution in [2.24, 2.45) is 0 Å². The Morgan fingerprint density at radius 1 is 1.20 bits per heavy atom. The average molecular weight is 292 g/mol. The minimum Gasteiger partial charge on any atom is -0.460 e. The fourth-order valence-corrected chi connectivity index (χ4v) is 1.63. The molecule has 116 valence electrons. The predicted octanol–water partition coefficient (Wildman–Crippen LogP) is -2.08. The van der Waals surface area contributed by atoms with Gasteiger partial charge in [-0.3, -0.25) is 0 Å². The molecule has 0 radical (unpaired) electrons. The number of hydrogen-bond acceptors (Lipinski definition) is 8. The van der Waals surface area contributed by atoms with Gasteiger partial charge in [0.05, 0.1) is 13.2 Å². The van der Waals surface area contributed by atoms with Crippen molar-refractivity contribution in [3.05, 3.63) is 12.2 Å². The van der Waals surface area contributed by atoms with E-state index < -0.39 is 43.3 Å². The number of carbonyl (C=O) groups excluding carboxylic acids is 1. The van der Waals surface area contributed by atoms with Gasteiger partial charge in [0, 0.05) is 5.57 Å². The van der Waals surface area contributed by atoms with Gasteiger partial charge in [0.15, 0.2) is 6.29 Å². The maximum absolute atomic E-state index is 11.1. The lowest BCUT2D eigenvalue weighted by molar-refractivity contribution is -0.302. The first-order valence-electron chi connectivity index (χ1n) is 6.13. The topological polar surface area (TPSA) is 126 Å². The fourth-order valence-electron chi connectivity index (χ4n) is 1.63. The van der Waals surface area contributed by atoms with E-state index >= 15 is 0 Å². The van der Waals surface area contributed by atoms with Crippen LogP contribution in [0.2, 0.25) is 0 Å². The van der Waals surface area contributed by atoms with Gasteiger partial charge in [0.25, 0.3) is 0 Å². The van der Waals surface area contributed by atoms with E-state index in [2.05, 4.69) is 6.58 Å². The van der Waals surface area contributed by atoms with Crippen molar-refractivity contribution in [3.8, 4) is 0 Å². The van der Waals surface area contributed by atoms with Crippen LogP contribution in [0.3, 0.4) is 0 Å². The van der Waals surface area contributed by atoms with Crippen LogP contribution in [0.4, 0.5) is 0 Å². The Morgan fingerprint density at radius 3 is 2.40 bits per heavy atom. The summed E-state index contributed by atoms with van der Waals surface area (Å²) in [4.78, 5) is 11.1. The van der Waals surface area contributed by atoms with E-state index in [1.807, 2.05) is 0 Å². The molecule has 0 aliphatic carbocycles. The summed E-state index contributed by atoms with van der Waals surface area (Å²) < 4.78 is 15.0. The maximum atomic E-state index is 11.1. The third-order valence-electron chi connectivity index (χ3n) is 2.80. The highest BCUT2D eigenvalue weighted by molar-refractivity contribution is 5.86. The van der Waals surface area contributed by atoms with Gasteiger partial charge in [-0.1, -0.05) is 6.58 Å². The van der Waals surface area contributed by atoms with E-state index in [-0.39, 0.29) is 18.8 Å². The van der Waals surface area contributed by atoms with Gasteiger partial charge in [-0.25, -0.2) is 4.79 Å². The molecule has 8 heteroatoms. The summed E-state index contributed by atoms with van der Waals surface area (Å²) in [5.74, 6) is -0.567. The molecule has 1 aliphatic heterocycles. The Bertz CT molecular complexity index is 342. The molecule has 0 aromatic heterocycles. The zero-order valence-corrected chi connectivity index (χ0v) is 11.1. The third kappa shape index (κ3) is 4.23. The van der Waals surface area contributed by atoms with Crippen molar-refractivity contribution >= 4 is 5.97 Å². The largest absolute Gasteiger partial charge is 0.460 e. The lowest BCUT2D eigenvalue weighted by atomic mass is 9.99. The number of rotatable bonds is 6. The second-order valence-electron chi connectivity index (χ2n) is 4.48. The third-order valence-corrected chi connectivity index (χ3v) is 2.80. The second-order valence-corrected chi connectivity index (χ2v) is 4.48. The summed E-state index contributed by atoms with van der Waals surface area (Å²) in [6, 6.07) is 0. The highest BCUT2D eigenvalue weighted by atomic mass is 16.7. The van der Waals surface area contributed by atoms with Crippen molar-refractivity contribution in [3.63, 3.8) is 0 Å². The van der Waals surface area contributed by atoms with Gasteiger partial charge < -0.3 is 34.6 Å². The van der Waals surface area contributed by atoms with E-state index in [0.29, 0.717) is 0 Å².